The molecule has 1 amide bonds. The van der Waals surface area contributed by atoms with Crippen molar-refractivity contribution < 1.29 is 9.90 Å². The number of carbonyl (C=O) groups is 1. The van der Waals surface area contributed by atoms with Gasteiger partial charge in [0, 0.05) is 24.1 Å². The summed E-state index contributed by atoms with van der Waals surface area (Å²) in [5.74, 6) is 0.211. The lowest BCUT2D eigenvalue weighted by atomic mass is 9.94. The second-order valence-corrected chi connectivity index (χ2v) is 6.33. The molecule has 0 fully saturated rings. The van der Waals surface area contributed by atoms with E-state index in [1.54, 1.807) is 11.0 Å². The zero-order valence-electron chi connectivity index (χ0n) is 13.0. The van der Waals surface area contributed by atoms with Crippen molar-refractivity contribution in [3.05, 3.63) is 71.3 Å². The molecule has 3 nitrogen and oxygen atoms in total. The summed E-state index contributed by atoms with van der Waals surface area (Å²) in [5, 5.41) is 11.4. The van der Waals surface area contributed by atoms with Crippen molar-refractivity contribution in [1.82, 2.24) is 4.90 Å². The lowest BCUT2D eigenvalue weighted by molar-refractivity contribution is -0.0876. The Labute approximate surface area is 131 Å². The number of aliphatic hydroxyl groups is 1. The lowest BCUT2D eigenvalue weighted by Gasteiger charge is -2.35. The number of hydrogen-bond acceptors (Lipinski definition) is 2. The van der Waals surface area contributed by atoms with Crippen LogP contribution in [0.5, 0.6) is 0 Å². The monoisotopic (exact) mass is 295 g/mol. The number of nitrogens with zero attached hydrogens (tertiary/aromatic N) is 1. The topological polar surface area (TPSA) is 40.5 Å². The summed E-state index contributed by atoms with van der Waals surface area (Å²) >= 11 is 0. The smallest absolute Gasteiger partial charge is 0.256 e. The molecule has 0 radical (unpaired) electrons. The van der Waals surface area contributed by atoms with E-state index in [0.717, 1.165) is 5.56 Å². The van der Waals surface area contributed by atoms with Gasteiger partial charge in [-0.15, -0.1) is 0 Å². The summed E-state index contributed by atoms with van der Waals surface area (Å²) in [5.41, 5.74) is 1.08. The zero-order valence-corrected chi connectivity index (χ0v) is 13.0. The third-order valence-corrected chi connectivity index (χ3v) is 4.12. The van der Waals surface area contributed by atoms with Crippen LogP contribution in [0.15, 0.2) is 54.6 Å². The van der Waals surface area contributed by atoms with E-state index in [9.17, 15) is 9.90 Å². The van der Waals surface area contributed by atoms with Crippen molar-refractivity contribution >= 4 is 5.91 Å². The Morgan fingerprint density at radius 3 is 2.36 bits per heavy atom. The van der Waals surface area contributed by atoms with Crippen LogP contribution in [0.2, 0.25) is 0 Å². The summed E-state index contributed by atoms with van der Waals surface area (Å²) < 4.78 is 0. The van der Waals surface area contributed by atoms with Crippen molar-refractivity contribution in [1.29, 1.82) is 0 Å². The predicted molar refractivity (Wildman–Crippen MR) is 86.4 cm³/mol. The van der Waals surface area contributed by atoms with Crippen molar-refractivity contribution in [2.24, 2.45) is 5.92 Å². The van der Waals surface area contributed by atoms with Crippen molar-refractivity contribution in [3.63, 3.8) is 0 Å². The molecule has 2 aromatic carbocycles. The van der Waals surface area contributed by atoms with E-state index in [4.69, 9.17) is 0 Å². The van der Waals surface area contributed by atoms with Crippen LogP contribution >= 0.6 is 0 Å². The molecule has 1 atom stereocenters. The van der Waals surface area contributed by atoms with E-state index in [1.165, 1.54) is 0 Å². The van der Waals surface area contributed by atoms with Crippen LogP contribution in [0.4, 0.5) is 0 Å². The third-order valence-electron chi connectivity index (χ3n) is 4.12. The van der Waals surface area contributed by atoms with Gasteiger partial charge in [-0.1, -0.05) is 62.4 Å². The summed E-state index contributed by atoms with van der Waals surface area (Å²) in [6.07, 6.45) is 0.406. The molecule has 3 rings (SSSR count). The van der Waals surface area contributed by atoms with Gasteiger partial charge >= 0.3 is 0 Å². The zero-order chi connectivity index (χ0) is 15.7. The molecule has 0 saturated heterocycles. The Hall–Kier alpha value is -2.13. The first-order chi connectivity index (χ1) is 10.5. The lowest BCUT2D eigenvalue weighted by Crippen LogP contribution is -2.47. The molecule has 0 aromatic heterocycles. The second-order valence-electron chi connectivity index (χ2n) is 6.33. The number of fused-ring (bicyclic) bond motifs is 1. The van der Waals surface area contributed by atoms with Gasteiger partial charge in [-0.05, 0) is 17.5 Å². The predicted octanol–water partition coefficient (Wildman–Crippen LogP) is 3.19. The largest absolute Gasteiger partial charge is 0.366 e. The molecule has 114 valence electrons. The van der Waals surface area contributed by atoms with E-state index in [-0.39, 0.29) is 5.91 Å². The average Bonchev–Trinajstić information content (AvgIpc) is 2.71. The molecule has 0 aliphatic carbocycles. The molecule has 3 heteroatoms. The van der Waals surface area contributed by atoms with Crippen LogP contribution in [0.1, 0.15) is 35.3 Å². The molecule has 0 bridgehead atoms. The highest BCUT2D eigenvalue weighted by Crippen LogP contribution is 2.39. The van der Waals surface area contributed by atoms with Gasteiger partial charge in [0.25, 0.3) is 5.91 Å². The van der Waals surface area contributed by atoms with Crippen LogP contribution < -0.4 is 0 Å². The molecule has 0 spiro atoms. The SMILES string of the molecule is CC(C)CN1C(=O)c2ccccc2[C@]1(O)Cc1ccccc1. The first-order valence-electron chi connectivity index (χ1n) is 7.70. The number of carbonyl (C=O) groups excluding carboxylic acids is 1. The molecule has 1 N–H and O–H groups in total. The highest BCUT2D eigenvalue weighted by molar-refractivity contribution is 5.99. The van der Waals surface area contributed by atoms with Crippen LogP contribution in [0.3, 0.4) is 0 Å². The minimum atomic E-state index is -1.26. The minimum Gasteiger partial charge on any atom is -0.366 e. The van der Waals surface area contributed by atoms with E-state index in [0.29, 0.717) is 30.0 Å². The Bertz CT molecular complexity index is 681. The minimum absolute atomic E-state index is 0.0808. The summed E-state index contributed by atoms with van der Waals surface area (Å²) in [6, 6.07) is 17.2. The van der Waals surface area contributed by atoms with Crippen LogP contribution in [0, 0.1) is 5.92 Å². The van der Waals surface area contributed by atoms with E-state index in [2.05, 4.69) is 13.8 Å². The number of rotatable bonds is 4. The molecular formula is C19H21NO2. The van der Waals surface area contributed by atoms with Gasteiger partial charge in [0.15, 0.2) is 5.72 Å². The van der Waals surface area contributed by atoms with Gasteiger partial charge in [0.05, 0.1) is 0 Å². The first kappa shape index (κ1) is 14.8. The van der Waals surface area contributed by atoms with Gasteiger partial charge < -0.3 is 10.0 Å². The van der Waals surface area contributed by atoms with Crippen LogP contribution in [0.25, 0.3) is 0 Å². The fourth-order valence-corrected chi connectivity index (χ4v) is 3.15. The normalized spacial score (nSPS) is 20.5. The maximum Gasteiger partial charge on any atom is 0.256 e. The number of hydrogen-bond donors (Lipinski definition) is 1. The summed E-state index contributed by atoms with van der Waals surface area (Å²) in [4.78, 5) is 14.3. The van der Waals surface area contributed by atoms with Crippen LogP contribution in [-0.2, 0) is 12.1 Å². The molecule has 2 aromatic rings. The van der Waals surface area contributed by atoms with Crippen molar-refractivity contribution in [2.45, 2.75) is 26.0 Å². The van der Waals surface area contributed by atoms with Gasteiger partial charge in [0.1, 0.15) is 0 Å². The van der Waals surface area contributed by atoms with E-state index >= 15 is 0 Å². The van der Waals surface area contributed by atoms with Gasteiger partial charge in [-0.25, -0.2) is 0 Å². The third kappa shape index (κ3) is 2.42. The van der Waals surface area contributed by atoms with Gasteiger partial charge in [-0.2, -0.15) is 0 Å². The fourth-order valence-electron chi connectivity index (χ4n) is 3.15. The quantitative estimate of drug-likeness (QED) is 0.941. The highest BCUT2D eigenvalue weighted by atomic mass is 16.3. The first-order valence-corrected chi connectivity index (χ1v) is 7.70. The molecule has 1 heterocycles. The Morgan fingerprint density at radius 2 is 1.68 bits per heavy atom. The van der Waals surface area contributed by atoms with E-state index < -0.39 is 5.72 Å². The van der Waals surface area contributed by atoms with Crippen molar-refractivity contribution in [2.75, 3.05) is 6.54 Å². The Balaban J connectivity index is 2.05. The van der Waals surface area contributed by atoms with Crippen LogP contribution in [-0.4, -0.2) is 22.5 Å². The maximum absolute atomic E-state index is 12.7. The van der Waals surface area contributed by atoms with E-state index in [1.807, 2.05) is 48.5 Å². The maximum atomic E-state index is 12.7. The average molecular weight is 295 g/mol. The molecule has 1 aliphatic rings. The van der Waals surface area contributed by atoms with Gasteiger partial charge in [0.2, 0.25) is 0 Å². The highest BCUT2D eigenvalue weighted by Gasteiger charge is 2.48. The molecular weight excluding hydrogens is 274 g/mol. The Morgan fingerprint density at radius 1 is 1.05 bits per heavy atom. The van der Waals surface area contributed by atoms with Crippen molar-refractivity contribution in [3.8, 4) is 0 Å². The molecule has 22 heavy (non-hydrogen) atoms. The molecule has 0 unspecified atom stereocenters. The Kier molecular flexibility index (Phi) is 3.75. The second kappa shape index (κ2) is 5.58. The summed E-state index contributed by atoms with van der Waals surface area (Å²) in [7, 11) is 0. The molecule has 0 saturated carbocycles. The van der Waals surface area contributed by atoms with Gasteiger partial charge in [-0.3, -0.25) is 4.79 Å². The standard InChI is InChI=1S/C19H21NO2/c1-14(2)13-20-18(21)16-10-6-7-11-17(16)19(20,22)12-15-8-4-3-5-9-15/h3-11,14,22H,12-13H2,1-2H3/t19-/m1/s1. The molecule has 1 aliphatic heterocycles. The summed E-state index contributed by atoms with van der Waals surface area (Å²) in [6.45, 7) is 4.65. The number of amides is 1. The fraction of sp³-hybridized carbons (Fsp3) is 0.316. The number of benzene rings is 2.